The Kier molecular flexibility index (Phi) is 4.04. The summed E-state index contributed by atoms with van der Waals surface area (Å²) in [5.41, 5.74) is 0.816. The molecule has 0 unspecified atom stereocenters. The fraction of sp³-hybridized carbons (Fsp3) is 0.0588. The summed E-state index contributed by atoms with van der Waals surface area (Å²) >= 11 is 5.81. The Balaban J connectivity index is 2.05. The molecule has 0 saturated carbocycles. The van der Waals surface area contributed by atoms with Crippen LogP contribution in [0, 0.1) is 0 Å². The molecule has 3 rings (SSSR count). The van der Waals surface area contributed by atoms with E-state index in [1.165, 1.54) is 0 Å². The van der Waals surface area contributed by atoms with E-state index in [1.54, 1.807) is 43.4 Å². The number of anilines is 2. The number of benzene rings is 2. The third kappa shape index (κ3) is 2.91. The van der Waals surface area contributed by atoms with Gasteiger partial charge in [0.2, 0.25) is 0 Å². The summed E-state index contributed by atoms with van der Waals surface area (Å²) in [4.78, 5) is 24.5. The van der Waals surface area contributed by atoms with E-state index in [0.29, 0.717) is 27.2 Å². The number of hydrogen-bond acceptors (Lipinski definition) is 4. The summed E-state index contributed by atoms with van der Waals surface area (Å²) in [7, 11) is 1.68. The van der Waals surface area contributed by atoms with E-state index in [4.69, 9.17) is 16.0 Å². The van der Waals surface area contributed by atoms with Crippen LogP contribution < -0.4 is 16.3 Å². The Bertz CT molecular complexity index is 933. The van der Waals surface area contributed by atoms with Crippen molar-refractivity contribution in [3.8, 4) is 0 Å². The number of carbonyl (C=O) groups is 1. The molecule has 0 aliphatic carbocycles. The van der Waals surface area contributed by atoms with Crippen molar-refractivity contribution in [2.45, 2.75) is 0 Å². The first-order chi connectivity index (χ1) is 11.1. The van der Waals surface area contributed by atoms with Crippen LogP contribution in [0.2, 0.25) is 5.02 Å². The van der Waals surface area contributed by atoms with E-state index in [-0.39, 0.29) is 5.69 Å². The quantitative estimate of drug-likeness (QED) is 0.718. The summed E-state index contributed by atoms with van der Waals surface area (Å²) in [5.74, 6) is -0.416. The Morgan fingerprint density at radius 1 is 1.04 bits per heavy atom. The summed E-state index contributed by atoms with van der Waals surface area (Å²) < 4.78 is 5.26. The lowest BCUT2D eigenvalue weighted by Gasteiger charge is -2.12. The van der Waals surface area contributed by atoms with Crippen molar-refractivity contribution in [2.75, 3.05) is 17.7 Å². The molecule has 0 spiro atoms. The molecular weight excluding hydrogens is 316 g/mol. The minimum atomic E-state index is -0.615. The van der Waals surface area contributed by atoms with Gasteiger partial charge in [0.05, 0.1) is 5.69 Å². The molecule has 1 heterocycles. The van der Waals surface area contributed by atoms with Gasteiger partial charge in [0.1, 0.15) is 5.58 Å². The highest BCUT2D eigenvalue weighted by Gasteiger charge is 2.16. The number of amides is 1. The second kappa shape index (κ2) is 6.14. The van der Waals surface area contributed by atoms with Gasteiger partial charge in [0.15, 0.2) is 5.69 Å². The van der Waals surface area contributed by atoms with E-state index in [2.05, 4.69) is 10.6 Å². The maximum absolute atomic E-state index is 12.3. The normalized spacial score (nSPS) is 10.5. The average molecular weight is 329 g/mol. The van der Waals surface area contributed by atoms with E-state index in [1.807, 2.05) is 12.1 Å². The maximum atomic E-state index is 12.3. The van der Waals surface area contributed by atoms with Crippen LogP contribution in [0.25, 0.3) is 11.0 Å². The van der Waals surface area contributed by atoms with Crippen LogP contribution >= 0.6 is 11.6 Å². The molecule has 0 fully saturated rings. The molecule has 0 aliphatic heterocycles. The first-order valence-corrected chi connectivity index (χ1v) is 7.28. The zero-order chi connectivity index (χ0) is 16.4. The number of carbonyl (C=O) groups excluding carboxylic acids is 1. The van der Waals surface area contributed by atoms with Crippen molar-refractivity contribution in [1.29, 1.82) is 0 Å². The molecule has 3 aromatic rings. The first kappa shape index (κ1) is 15.1. The number of rotatable bonds is 3. The van der Waals surface area contributed by atoms with Gasteiger partial charge < -0.3 is 15.1 Å². The highest BCUT2D eigenvalue weighted by molar-refractivity contribution is 6.30. The predicted octanol–water partition coefficient (Wildman–Crippen LogP) is 3.74. The second-order valence-electron chi connectivity index (χ2n) is 4.85. The zero-order valence-corrected chi connectivity index (χ0v) is 13.0. The molecule has 6 heteroatoms. The van der Waals surface area contributed by atoms with Gasteiger partial charge in [-0.15, -0.1) is 0 Å². The van der Waals surface area contributed by atoms with Crippen molar-refractivity contribution in [3.63, 3.8) is 0 Å². The van der Waals surface area contributed by atoms with Crippen LogP contribution in [-0.4, -0.2) is 13.0 Å². The van der Waals surface area contributed by atoms with E-state index >= 15 is 0 Å². The number of halogens is 1. The summed E-state index contributed by atoms with van der Waals surface area (Å²) in [5, 5.41) is 6.80. The van der Waals surface area contributed by atoms with Crippen LogP contribution in [0.4, 0.5) is 11.4 Å². The van der Waals surface area contributed by atoms with Crippen LogP contribution in [0.3, 0.4) is 0 Å². The van der Waals surface area contributed by atoms with E-state index < -0.39 is 11.5 Å². The van der Waals surface area contributed by atoms with Crippen molar-refractivity contribution < 1.29 is 9.21 Å². The Labute approximate surface area is 136 Å². The van der Waals surface area contributed by atoms with Crippen molar-refractivity contribution in [1.82, 2.24) is 0 Å². The largest absolute Gasteiger partial charge is 0.421 e. The minimum absolute atomic E-state index is 0.0751. The lowest BCUT2D eigenvalue weighted by Crippen LogP contribution is -2.19. The molecule has 2 aromatic carbocycles. The molecule has 116 valence electrons. The molecular formula is C17H13ClN2O3. The Hall–Kier alpha value is -2.79. The molecule has 5 nitrogen and oxygen atoms in total. The van der Waals surface area contributed by atoms with Gasteiger partial charge in [-0.05, 0) is 36.4 Å². The van der Waals surface area contributed by atoms with Crippen LogP contribution in [0.5, 0.6) is 0 Å². The number of para-hydroxylation sites is 1. The number of fused-ring (bicyclic) bond motifs is 1. The highest BCUT2D eigenvalue weighted by atomic mass is 35.5. The second-order valence-corrected chi connectivity index (χ2v) is 5.28. The van der Waals surface area contributed by atoms with E-state index in [0.717, 1.165) is 0 Å². The van der Waals surface area contributed by atoms with Crippen molar-refractivity contribution in [2.24, 2.45) is 0 Å². The molecule has 0 aliphatic rings. The molecule has 0 saturated heterocycles. The Morgan fingerprint density at radius 3 is 2.43 bits per heavy atom. The molecule has 0 atom stereocenters. The standard InChI is InChI=1S/C17H13ClN2O3/c1-19-14-12-4-2-3-5-13(12)23-17(22)15(14)20-16(21)10-6-8-11(18)9-7-10/h2-9,19H,1H3,(H,20,21). The zero-order valence-electron chi connectivity index (χ0n) is 12.2. The summed E-state index contributed by atoms with van der Waals surface area (Å²) in [6.07, 6.45) is 0. The molecule has 1 amide bonds. The topological polar surface area (TPSA) is 71.3 Å². The van der Waals surface area contributed by atoms with Gasteiger partial charge in [0, 0.05) is 23.0 Å². The summed E-state index contributed by atoms with van der Waals surface area (Å²) in [6.45, 7) is 0. The highest BCUT2D eigenvalue weighted by Crippen LogP contribution is 2.28. The van der Waals surface area contributed by atoms with Gasteiger partial charge in [-0.1, -0.05) is 23.7 Å². The predicted molar refractivity (Wildman–Crippen MR) is 91.4 cm³/mol. The van der Waals surface area contributed by atoms with Gasteiger partial charge in [-0.3, -0.25) is 4.79 Å². The fourth-order valence-electron chi connectivity index (χ4n) is 2.31. The first-order valence-electron chi connectivity index (χ1n) is 6.90. The molecule has 2 N–H and O–H groups in total. The third-order valence-corrected chi connectivity index (χ3v) is 3.66. The molecule has 0 radical (unpaired) electrons. The number of hydrogen-bond donors (Lipinski definition) is 2. The number of nitrogens with one attached hydrogen (secondary N) is 2. The van der Waals surface area contributed by atoms with Crippen molar-refractivity contribution in [3.05, 3.63) is 69.5 Å². The maximum Gasteiger partial charge on any atom is 0.362 e. The van der Waals surface area contributed by atoms with Crippen molar-refractivity contribution >= 4 is 39.9 Å². The lowest BCUT2D eigenvalue weighted by molar-refractivity contribution is 0.102. The average Bonchev–Trinajstić information content (AvgIpc) is 2.56. The third-order valence-electron chi connectivity index (χ3n) is 3.41. The smallest absolute Gasteiger partial charge is 0.362 e. The van der Waals surface area contributed by atoms with Gasteiger partial charge in [0.25, 0.3) is 5.91 Å². The minimum Gasteiger partial charge on any atom is -0.421 e. The SMILES string of the molecule is CNc1c(NC(=O)c2ccc(Cl)cc2)c(=O)oc2ccccc12. The van der Waals surface area contributed by atoms with Crippen LogP contribution in [0.1, 0.15) is 10.4 Å². The monoisotopic (exact) mass is 328 g/mol. The summed E-state index contributed by atoms with van der Waals surface area (Å²) in [6, 6.07) is 13.5. The van der Waals surface area contributed by atoms with Gasteiger partial charge >= 0.3 is 5.63 Å². The van der Waals surface area contributed by atoms with Gasteiger partial charge in [-0.2, -0.15) is 0 Å². The molecule has 1 aromatic heterocycles. The molecule has 0 bridgehead atoms. The molecule has 23 heavy (non-hydrogen) atoms. The van der Waals surface area contributed by atoms with Gasteiger partial charge in [-0.25, -0.2) is 4.79 Å². The van der Waals surface area contributed by atoms with E-state index in [9.17, 15) is 9.59 Å². The van der Waals surface area contributed by atoms with Crippen LogP contribution in [0.15, 0.2) is 57.7 Å². The fourth-order valence-corrected chi connectivity index (χ4v) is 2.44. The Morgan fingerprint density at radius 2 is 1.74 bits per heavy atom. The lowest BCUT2D eigenvalue weighted by atomic mass is 10.1. The van der Waals surface area contributed by atoms with Crippen LogP contribution in [-0.2, 0) is 0 Å².